The number of ether oxygens (including phenoxy) is 3. The van der Waals surface area contributed by atoms with Crippen molar-refractivity contribution in [3.63, 3.8) is 0 Å². The normalized spacial score (nSPS) is 14.9. The minimum absolute atomic E-state index is 0.0181. The lowest BCUT2D eigenvalue weighted by molar-refractivity contribution is -0.216. The third-order valence-corrected chi connectivity index (χ3v) is 8.41. The molecule has 1 aliphatic rings. The van der Waals surface area contributed by atoms with Crippen molar-refractivity contribution in [1.82, 2.24) is 4.98 Å². The van der Waals surface area contributed by atoms with E-state index in [1.807, 2.05) is 60.7 Å². The van der Waals surface area contributed by atoms with Crippen LogP contribution in [0.15, 0.2) is 107 Å². The molecule has 0 aliphatic carbocycles. The third-order valence-electron chi connectivity index (χ3n) is 8.41. The number of carbonyl (C=O) groups is 2. The van der Waals surface area contributed by atoms with E-state index in [9.17, 15) is 22.8 Å². The number of halogens is 3. The second kappa shape index (κ2) is 14.3. The number of H-pyrrole nitrogens is 1. The van der Waals surface area contributed by atoms with Crippen molar-refractivity contribution >= 4 is 23.2 Å². The van der Waals surface area contributed by atoms with Crippen molar-refractivity contribution in [3.05, 3.63) is 147 Å². The predicted octanol–water partition coefficient (Wildman–Crippen LogP) is 8.53. The number of carbonyl (C=O) groups excluding carboxylic acids is 2. The largest absolute Gasteiger partial charge is 0.456 e. The maximum atomic E-state index is 14.3. The number of aromatic amines is 1. The second-order valence-electron chi connectivity index (χ2n) is 11.4. The zero-order chi connectivity index (χ0) is 34.6. The van der Waals surface area contributed by atoms with E-state index in [-0.39, 0.29) is 47.0 Å². The number of nitrogens with zero attached hydrogens (tertiary/aromatic N) is 1. The standard InChI is InChI=1S/C38H35F3N2O5/c1-22-24(3)33(36(44)47-20-26-14-8-6-9-15-26)42-31(22)30(28-18-12-13-19-29(28)35(46-5)38(39,40)41)32-23(2)25(4)34(43-32)37(45)48-21-27-16-10-7-11-17-27/h6-19,35,42H,20-21H2,1-5H3/b32-30-. The number of alkyl halides is 3. The Hall–Kier alpha value is -5.22. The van der Waals surface area contributed by atoms with E-state index >= 15 is 0 Å². The lowest BCUT2D eigenvalue weighted by Crippen LogP contribution is -2.23. The van der Waals surface area contributed by atoms with Gasteiger partial charge in [0.15, 0.2) is 11.8 Å². The van der Waals surface area contributed by atoms with E-state index in [2.05, 4.69) is 4.98 Å². The fraction of sp³-hybridized carbons (Fsp3) is 0.237. The average molecular weight is 657 g/mol. The Morgan fingerprint density at radius 3 is 1.81 bits per heavy atom. The number of allylic oxidation sites excluding steroid dienone is 1. The Morgan fingerprint density at radius 1 is 0.729 bits per heavy atom. The van der Waals surface area contributed by atoms with Crippen LogP contribution in [0, 0.1) is 13.8 Å². The van der Waals surface area contributed by atoms with Gasteiger partial charge in [-0.2, -0.15) is 13.2 Å². The first kappa shape index (κ1) is 34.1. The molecule has 3 aromatic carbocycles. The maximum Gasteiger partial charge on any atom is 0.418 e. The quantitative estimate of drug-likeness (QED) is 0.173. The van der Waals surface area contributed by atoms with E-state index in [4.69, 9.17) is 19.2 Å². The molecule has 10 heteroatoms. The molecule has 0 saturated heterocycles. The molecule has 248 valence electrons. The molecule has 0 amide bonds. The van der Waals surface area contributed by atoms with Gasteiger partial charge >= 0.3 is 18.1 Å². The van der Waals surface area contributed by atoms with Crippen molar-refractivity contribution in [2.24, 2.45) is 4.99 Å². The summed E-state index contributed by atoms with van der Waals surface area (Å²) in [4.78, 5) is 34.5. The van der Waals surface area contributed by atoms with Crippen molar-refractivity contribution < 1.29 is 37.0 Å². The molecular formula is C38H35F3N2O5. The minimum atomic E-state index is -4.74. The number of nitrogens with one attached hydrogen (secondary N) is 1. The van der Waals surface area contributed by atoms with E-state index in [1.54, 1.807) is 39.8 Å². The number of hydrogen-bond acceptors (Lipinski definition) is 6. The maximum absolute atomic E-state index is 14.3. The van der Waals surface area contributed by atoms with Gasteiger partial charge in [0.1, 0.15) is 18.9 Å². The third kappa shape index (κ3) is 7.03. The minimum Gasteiger partial charge on any atom is -0.456 e. The molecule has 7 nitrogen and oxygen atoms in total. The summed E-state index contributed by atoms with van der Waals surface area (Å²) in [5.74, 6) is -1.30. The summed E-state index contributed by atoms with van der Waals surface area (Å²) in [6, 6.07) is 24.3. The number of aliphatic imine (C=N–C) groups is 1. The summed E-state index contributed by atoms with van der Waals surface area (Å²) < 4.78 is 59.1. The molecule has 5 rings (SSSR count). The van der Waals surface area contributed by atoms with Crippen LogP contribution >= 0.6 is 0 Å². The van der Waals surface area contributed by atoms with E-state index < -0.39 is 24.2 Å². The molecule has 1 unspecified atom stereocenters. The number of methoxy groups -OCH3 is 1. The van der Waals surface area contributed by atoms with Gasteiger partial charge in [0.05, 0.1) is 11.4 Å². The molecule has 0 bridgehead atoms. The lowest BCUT2D eigenvalue weighted by Gasteiger charge is -2.23. The molecule has 0 saturated carbocycles. The smallest absolute Gasteiger partial charge is 0.418 e. The van der Waals surface area contributed by atoms with Crippen molar-refractivity contribution in [2.45, 2.75) is 53.2 Å². The molecule has 1 atom stereocenters. The Bertz CT molecular complexity index is 1920. The first-order chi connectivity index (χ1) is 22.9. The molecule has 48 heavy (non-hydrogen) atoms. The number of rotatable bonds is 10. The Morgan fingerprint density at radius 2 is 1.25 bits per heavy atom. The van der Waals surface area contributed by atoms with Gasteiger partial charge in [0, 0.05) is 12.7 Å². The van der Waals surface area contributed by atoms with Crippen LogP contribution < -0.4 is 0 Å². The summed E-state index contributed by atoms with van der Waals surface area (Å²) in [7, 11) is 0.997. The fourth-order valence-corrected chi connectivity index (χ4v) is 5.58. The molecule has 1 aromatic heterocycles. The van der Waals surface area contributed by atoms with Gasteiger partial charge in [0.25, 0.3) is 0 Å². The van der Waals surface area contributed by atoms with Gasteiger partial charge < -0.3 is 19.2 Å². The highest BCUT2D eigenvalue weighted by atomic mass is 19.4. The SMILES string of the molecule is COC(c1ccccc1/C(=C1/N=C(C(=O)OCc2ccccc2)C(C)=C1C)c1[nH]c(C(=O)OCc2ccccc2)c(C)c1C)C(F)(F)F. The number of aromatic nitrogens is 1. The molecule has 1 N–H and O–H groups in total. The first-order valence-electron chi connectivity index (χ1n) is 15.2. The molecular weight excluding hydrogens is 621 g/mol. The Kier molecular flexibility index (Phi) is 10.1. The Labute approximate surface area is 276 Å². The van der Waals surface area contributed by atoms with Crippen LogP contribution in [0.2, 0.25) is 0 Å². The van der Waals surface area contributed by atoms with E-state index in [0.717, 1.165) is 18.2 Å². The summed E-state index contributed by atoms with van der Waals surface area (Å²) in [5, 5.41) is 0. The number of esters is 2. The molecule has 2 heterocycles. The monoisotopic (exact) mass is 656 g/mol. The van der Waals surface area contributed by atoms with Gasteiger partial charge in [-0.3, -0.25) is 0 Å². The van der Waals surface area contributed by atoms with Crippen LogP contribution in [0.3, 0.4) is 0 Å². The highest BCUT2D eigenvalue weighted by Crippen LogP contribution is 2.44. The highest BCUT2D eigenvalue weighted by molar-refractivity contribution is 6.44. The van der Waals surface area contributed by atoms with Gasteiger partial charge in [-0.1, -0.05) is 84.9 Å². The number of hydrogen-bond donors (Lipinski definition) is 1. The summed E-state index contributed by atoms with van der Waals surface area (Å²) in [6.45, 7) is 6.99. The highest BCUT2D eigenvalue weighted by Gasteiger charge is 2.43. The zero-order valence-electron chi connectivity index (χ0n) is 27.2. The summed E-state index contributed by atoms with van der Waals surface area (Å²) in [5.41, 5.74) is 4.89. The lowest BCUT2D eigenvalue weighted by atomic mass is 9.89. The molecule has 0 spiro atoms. The summed E-state index contributed by atoms with van der Waals surface area (Å²) in [6.07, 6.45) is -7.00. The topological polar surface area (TPSA) is 90.0 Å². The van der Waals surface area contributed by atoms with Gasteiger partial charge in [-0.15, -0.1) is 0 Å². The predicted molar refractivity (Wildman–Crippen MR) is 176 cm³/mol. The van der Waals surface area contributed by atoms with Crippen LogP contribution in [0.5, 0.6) is 0 Å². The second-order valence-corrected chi connectivity index (χ2v) is 11.4. The molecule has 4 aromatic rings. The van der Waals surface area contributed by atoms with E-state index in [0.29, 0.717) is 28.0 Å². The van der Waals surface area contributed by atoms with Crippen molar-refractivity contribution in [3.8, 4) is 0 Å². The van der Waals surface area contributed by atoms with Crippen molar-refractivity contribution in [1.29, 1.82) is 0 Å². The number of benzene rings is 3. The van der Waals surface area contributed by atoms with Crippen molar-refractivity contribution in [2.75, 3.05) is 7.11 Å². The van der Waals surface area contributed by atoms with Crippen LogP contribution in [0.25, 0.3) is 5.57 Å². The van der Waals surface area contributed by atoms with Gasteiger partial charge in [0.2, 0.25) is 0 Å². The van der Waals surface area contributed by atoms with Crippen LogP contribution in [0.4, 0.5) is 13.2 Å². The fourth-order valence-electron chi connectivity index (χ4n) is 5.58. The van der Waals surface area contributed by atoms with E-state index in [1.165, 1.54) is 12.1 Å². The summed E-state index contributed by atoms with van der Waals surface area (Å²) >= 11 is 0. The zero-order valence-corrected chi connectivity index (χ0v) is 27.2. The van der Waals surface area contributed by atoms with Crippen LogP contribution in [-0.2, 0) is 32.2 Å². The molecule has 0 radical (unpaired) electrons. The van der Waals surface area contributed by atoms with Crippen LogP contribution in [-0.4, -0.2) is 35.9 Å². The Balaban J connectivity index is 1.66. The molecule has 1 aliphatic heterocycles. The van der Waals surface area contributed by atoms with Crippen LogP contribution in [0.1, 0.15) is 69.5 Å². The van der Waals surface area contributed by atoms with Gasteiger partial charge in [-0.05, 0) is 72.2 Å². The average Bonchev–Trinajstić information content (AvgIpc) is 3.54. The first-order valence-corrected chi connectivity index (χ1v) is 15.2. The molecule has 0 fully saturated rings. The van der Waals surface area contributed by atoms with Gasteiger partial charge in [-0.25, -0.2) is 14.6 Å².